The van der Waals surface area contributed by atoms with Gasteiger partial charge in [-0.3, -0.25) is 0 Å². The summed E-state index contributed by atoms with van der Waals surface area (Å²) in [5.41, 5.74) is 4.96. The van der Waals surface area contributed by atoms with Gasteiger partial charge < -0.3 is 25.3 Å². The fourth-order valence-electron chi connectivity index (χ4n) is 3.83. The second-order valence-corrected chi connectivity index (χ2v) is 8.10. The first-order valence-electron chi connectivity index (χ1n) is 9.52. The van der Waals surface area contributed by atoms with E-state index in [0.29, 0.717) is 41.5 Å². The summed E-state index contributed by atoms with van der Waals surface area (Å²) < 4.78 is 6.13. The van der Waals surface area contributed by atoms with Crippen molar-refractivity contribution in [1.82, 2.24) is 19.9 Å². The number of morpholine rings is 1. The summed E-state index contributed by atoms with van der Waals surface area (Å²) in [6, 6.07) is 6.79. The van der Waals surface area contributed by atoms with Crippen molar-refractivity contribution in [3.05, 3.63) is 28.5 Å². The molecule has 0 amide bonds. The van der Waals surface area contributed by atoms with Crippen molar-refractivity contribution >= 4 is 50.2 Å². The topological polar surface area (TPSA) is 91.0 Å². The molecule has 0 saturated carbocycles. The smallest absolute Gasteiger partial charge is 0.231 e. The second kappa shape index (κ2) is 6.89. The number of hydrogen-bond donors (Lipinski definition) is 3. The van der Waals surface area contributed by atoms with Crippen LogP contribution in [-0.4, -0.2) is 52.3 Å². The third kappa shape index (κ3) is 3.08. The predicted octanol–water partition coefficient (Wildman–Crippen LogP) is 3.61. The Kier molecular flexibility index (Phi) is 4.36. The standard InChI is InChI=1S/C19H22BrN7O/c1-10-11(2)21-14-4-3-12(9-13(10)14)22-19-25-16-15(23-18(20)24-16)17(26-19)27-5-7-28-8-6-27/h3-4,9-11,21H,5-8H2,1-2H3,(H2,22,23,24,25,26). The summed E-state index contributed by atoms with van der Waals surface area (Å²) in [7, 11) is 0. The minimum Gasteiger partial charge on any atom is -0.382 e. The molecule has 3 N–H and O–H groups in total. The molecule has 2 aliphatic rings. The van der Waals surface area contributed by atoms with Crippen molar-refractivity contribution in [1.29, 1.82) is 0 Å². The maximum absolute atomic E-state index is 5.48. The van der Waals surface area contributed by atoms with Crippen LogP contribution in [0.25, 0.3) is 11.2 Å². The van der Waals surface area contributed by atoms with Gasteiger partial charge in [0, 0.05) is 36.4 Å². The lowest BCUT2D eigenvalue weighted by molar-refractivity contribution is 0.122. The molecule has 28 heavy (non-hydrogen) atoms. The average molecular weight is 444 g/mol. The number of aromatic amines is 1. The van der Waals surface area contributed by atoms with Crippen molar-refractivity contribution in [3.63, 3.8) is 0 Å². The normalized spacial score (nSPS) is 21.6. The summed E-state index contributed by atoms with van der Waals surface area (Å²) in [6.07, 6.45) is 0. The van der Waals surface area contributed by atoms with Gasteiger partial charge in [0.25, 0.3) is 0 Å². The molecule has 8 nitrogen and oxygen atoms in total. The Morgan fingerprint density at radius 2 is 2.00 bits per heavy atom. The van der Waals surface area contributed by atoms with Crippen molar-refractivity contribution in [2.45, 2.75) is 25.8 Å². The number of anilines is 4. The van der Waals surface area contributed by atoms with E-state index >= 15 is 0 Å². The fourth-order valence-corrected chi connectivity index (χ4v) is 4.20. The van der Waals surface area contributed by atoms with Crippen LogP contribution in [0, 0.1) is 0 Å². The highest BCUT2D eigenvalue weighted by atomic mass is 79.9. The van der Waals surface area contributed by atoms with E-state index in [9.17, 15) is 0 Å². The predicted molar refractivity (Wildman–Crippen MR) is 114 cm³/mol. The molecule has 2 unspecified atom stereocenters. The molecular formula is C19H22BrN7O. The number of halogens is 1. The molecule has 0 spiro atoms. The van der Waals surface area contributed by atoms with E-state index in [0.717, 1.165) is 30.1 Å². The highest BCUT2D eigenvalue weighted by Crippen LogP contribution is 2.37. The van der Waals surface area contributed by atoms with E-state index in [1.165, 1.54) is 11.3 Å². The zero-order chi connectivity index (χ0) is 19.3. The molecule has 1 aromatic carbocycles. The van der Waals surface area contributed by atoms with Crippen molar-refractivity contribution in [3.8, 4) is 0 Å². The highest BCUT2D eigenvalue weighted by molar-refractivity contribution is 9.10. The lowest BCUT2D eigenvalue weighted by Crippen LogP contribution is -2.37. The molecule has 2 atom stereocenters. The molecule has 0 aliphatic carbocycles. The molecular weight excluding hydrogens is 422 g/mol. The Morgan fingerprint density at radius 3 is 2.82 bits per heavy atom. The fraction of sp³-hybridized carbons (Fsp3) is 0.421. The molecule has 5 rings (SSSR count). The van der Waals surface area contributed by atoms with Crippen molar-refractivity contribution in [2.75, 3.05) is 41.8 Å². The summed E-state index contributed by atoms with van der Waals surface area (Å²) in [4.78, 5) is 19.3. The summed E-state index contributed by atoms with van der Waals surface area (Å²) in [5.74, 6) is 1.85. The molecule has 9 heteroatoms. The number of imidazole rings is 1. The third-order valence-corrected chi connectivity index (χ3v) is 5.92. The summed E-state index contributed by atoms with van der Waals surface area (Å²) >= 11 is 3.42. The van der Waals surface area contributed by atoms with Crippen LogP contribution in [-0.2, 0) is 4.74 Å². The zero-order valence-corrected chi connectivity index (χ0v) is 17.4. The lowest BCUT2D eigenvalue weighted by Gasteiger charge is -2.28. The van der Waals surface area contributed by atoms with Gasteiger partial charge in [-0.25, -0.2) is 4.98 Å². The van der Waals surface area contributed by atoms with Gasteiger partial charge in [0.1, 0.15) is 5.52 Å². The van der Waals surface area contributed by atoms with E-state index in [2.05, 4.69) is 78.5 Å². The van der Waals surface area contributed by atoms with Gasteiger partial charge in [0.05, 0.1) is 13.2 Å². The molecule has 0 bridgehead atoms. The van der Waals surface area contributed by atoms with Crippen LogP contribution in [0.3, 0.4) is 0 Å². The van der Waals surface area contributed by atoms with E-state index in [1.54, 1.807) is 0 Å². The number of ether oxygens (including phenoxy) is 1. The minimum atomic E-state index is 0.437. The zero-order valence-electron chi connectivity index (χ0n) is 15.8. The van der Waals surface area contributed by atoms with E-state index < -0.39 is 0 Å². The van der Waals surface area contributed by atoms with Crippen LogP contribution in [0.15, 0.2) is 22.9 Å². The SMILES string of the molecule is CC1Nc2ccc(Nc3nc(N4CCOCC4)c4[nH]c(Br)nc4n3)cc2C1C. The number of nitrogens with one attached hydrogen (secondary N) is 3. The summed E-state index contributed by atoms with van der Waals surface area (Å²) in [6.45, 7) is 7.42. The first-order chi connectivity index (χ1) is 13.6. The van der Waals surface area contributed by atoms with Gasteiger partial charge in [-0.2, -0.15) is 9.97 Å². The number of hydrogen-bond acceptors (Lipinski definition) is 7. The van der Waals surface area contributed by atoms with Gasteiger partial charge in [0.2, 0.25) is 5.95 Å². The first-order valence-corrected chi connectivity index (χ1v) is 10.3. The van der Waals surface area contributed by atoms with Gasteiger partial charge in [0.15, 0.2) is 16.2 Å². The van der Waals surface area contributed by atoms with Crippen LogP contribution in [0.2, 0.25) is 0 Å². The van der Waals surface area contributed by atoms with Crippen LogP contribution in [0.4, 0.5) is 23.1 Å². The minimum absolute atomic E-state index is 0.437. The Hall–Kier alpha value is -2.39. The quantitative estimate of drug-likeness (QED) is 0.532. The van der Waals surface area contributed by atoms with Gasteiger partial charge in [-0.05, 0) is 46.6 Å². The molecule has 1 fully saturated rings. The number of benzene rings is 1. The molecule has 4 heterocycles. The number of aromatic nitrogens is 4. The van der Waals surface area contributed by atoms with E-state index in [-0.39, 0.29) is 0 Å². The van der Waals surface area contributed by atoms with E-state index in [4.69, 9.17) is 9.72 Å². The highest BCUT2D eigenvalue weighted by Gasteiger charge is 2.25. The molecule has 146 valence electrons. The van der Waals surface area contributed by atoms with Crippen LogP contribution in [0.1, 0.15) is 25.3 Å². The second-order valence-electron chi connectivity index (χ2n) is 7.35. The molecule has 3 aromatic rings. The van der Waals surface area contributed by atoms with Gasteiger partial charge >= 0.3 is 0 Å². The van der Waals surface area contributed by atoms with E-state index in [1.807, 2.05) is 0 Å². The number of fused-ring (bicyclic) bond motifs is 2. The largest absolute Gasteiger partial charge is 0.382 e. The van der Waals surface area contributed by atoms with Gasteiger partial charge in [-0.1, -0.05) is 6.92 Å². The molecule has 2 aliphatic heterocycles. The molecule has 1 saturated heterocycles. The Balaban J connectivity index is 1.51. The first kappa shape index (κ1) is 17.7. The van der Waals surface area contributed by atoms with Gasteiger partial charge in [-0.15, -0.1) is 0 Å². The number of nitrogens with zero attached hydrogens (tertiary/aromatic N) is 4. The van der Waals surface area contributed by atoms with Crippen LogP contribution in [0.5, 0.6) is 0 Å². The number of rotatable bonds is 3. The molecule has 0 radical (unpaired) electrons. The van der Waals surface area contributed by atoms with Crippen molar-refractivity contribution in [2.24, 2.45) is 0 Å². The Bertz CT molecular complexity index is 1030. The van der Waals surface area contributed by atoms with Crippen LogP contribution >= 0.6 is 15.9 Å². The number of H-pyrrole nitrogens is 1. The Morgan fingerprint density at radius 1 is 1.18 bits per heavy atom. The van der Waals surface area contributed by atoms with Crippen LogP contribution < -0.4 is 15.5 Å². The average Bonchev–Trinajstić information content (AvgIpc) is 3.21. The van der Waals surface area contributed by atoms with Crippen molar-refractivity contribution < 1.29 is 4.74 Å². The third-order valence-electron chi connectivity index (χ3n) is 5.55. The monoisotopic (exact) mass is 443 g/mol. The maximum Gasteiger partial charge on any atom is 0.231 e. The molecule has 2 aromatic heterocycles. The lowest BCUT2D eigenvalue weighted by atomic mass is 9.98. The maximum atomic E-state index is 5.48. The summed E-state index contributed by atoms with van der Waals surface area (Å²) in [5, 5.41) is 6.89. The Labute approximate surface area is 171 Å².